The number of fused-ring (bicyclic) bond motifs is 1. The van der Waals surface area contributed by atoms with Gasteiger partial charge in [0.25, 0.3) is 0 Å². The topological polar surface area (TPSA) is 286 Å². The van der Waals surface area contributed by atoms with E-state index in [1.807, 2.05) is 42.5 Å². The second-order valence-corrected chi connectivity index (χ2v) is 14.1. The normalized spacial score (nSPS) is 19.7. The lowest BCUT2D eigenvalue weighted by atomic mass is 10.0. The number of aromatic hydroxyl groups is 1. The molecular weight excluding hydrogens is 731 g/mol. The van der Waals surface area contributed by atoms with E-state index >= 15 is 0 Å². The average molecular weight is 786 g/mol. The molecule has 3 aromatic carbocycles. The van der Waals surface area contributed by atoms with Crippen molar-refractivity contribution >= 4 is 52.2 Å². The Kier molecular flexibility index (Phi) is 16.4. The Morgan fingerprint density at radius 1 is 0.684 bits per heavy atom. The Labute approximate surface area is 332 Å². The summed E-state index contributed by atoms with van der Waals surface area (Å²) in [5.41, 5.74) is 23.3. The molecule has 0 bridgehead atoms. The third kappa shape index (κ3) is 14.0. The molecule has 0 radical (unpaired) electrons. The van der Waals surface area contributed by atoms with Gasteiger partial charge in [0.2, 0.25) is 29.5 Å². The van der Waals surface area contributed by atoms with Crippen molar-refractivity contribution in [2.75, 3.05) is 26.2 Å². The summed E-state index contributed by atoms with van der Waals surface area (Å²) in [5, 5.41) is 22.8. The molecule has 306 valence electrons. The van der Waals surface area contributed by atoms with Gasteiger partial charge in [0.05, 0.1) is 6.54 Å². The van der Waals surface area contributed by atoms with Crippen LogP contribution in [-0.2, 0) is 36.8 Å². The van der Waals surface area contributed by atoms with E-state index in [0.29, 0.717) is 37.8 Å². The Morgan fingerprint density at radius 3 is 2.00 bits per heavy atom. The van der Waals surface area contributed by atoms with Crippen LogP contribution in [0.1, 0.15) is 56.6 Å². The minimum Gasteiger partial charge on any atom is -0.508 e. The van der Waals surface area contributed by atoms with Crippen LogP contribution in [-0.4, -0.2) is 102 Å². The predicted molar refractivity (Wildman–Crippen MR) is 218 cm³/mol. The average Bonchev–Trinajstić information content (AvgIpc) is 3.18. The molecule has 57 heavy (non-hydrogen) atoms. The molecule has 5 amide bonds. The van der Waals surface area contributed by atoms with Crippen molar-refractivity contribution < 1.29 is 29.1 Å². The van der Waals surface area contributed by atoms with Gasteiger partial charge in [-0.15, -0.1) is 0 Å². The van der Waals surface area contributed by atoms with Crippen LogP contribution >= 0.6 is 0 Å². The number of hydrogen-bond acceptors (Lipinski definition) is 8. The Hall–Kier alpha value is -6.39. The molecule has 1 heterocycles. The Balaban J connectivity index is 1.66. The van der Waals surface area contributed by atoms with Crippen molar-refractivity contribution in [1.82, 2.24) is 26.2 Å². The van der Waals surface area contributed by atoms with E-state index in [1.165, 1.54) is 17.0 Å². The van der Waals surface area contributed by atoms with Crippen molar-refractivity contribution in [1.29, 1.82) is 0 Å². The molecule has 4 rings (SSSR count). The van der Waals surface area contributed by atoms with Gasteiger partial charge in [-0.3, -0.25) is 34.0 Å². The lowest BCUT2D eigenvalue weighted by Crippen LogP contribution is -2.58. The van der Waals surface area contributed by atoms with Gasteiger partial charge in [0.1, 0.15) is 29.9 Å². The summed E-state index contributed by atoms with van der Waals surface area (Å²) in [6.45, 7) is 1.86. The zero-order chi connectivity index (χ0) is 41.3. The van der Waals surface area contributed by atoms with E-state index in [2.05, 4.69) is 31.3 Å². The highest BCUT2D eigenvalue weighted by Gasteiger charge is 2.35. The van der Waals surface area contributed by atoms with Crippen molar-refractivity contribution in [3.63, 3.8) is 0 Å². The molecule has 1 aliphatic heterocycles. The first kappa shape index (κ1) is 43.3. The van der Waals surface area contributed by atoms with Crippen molar-refractivity contribution in [3.05, 3.63) is 77.9 Å². The molecule has 0 unspecified atom stereocenters. The van der Waals surface area contributed by atoms with Gasteiger partial charge < -0.3 is 54.2 Å². The number of hydrogen-bond donors (Lipinski definition) is 9. The SMILES string of the molecule is C[C@H]1C(=O)N[C@@H](CCCN=C(N)N)C(=O)N[C@@H](Cc2ccc3ccccc3c2)C(=O)NCC(=O)N[C@H](Cc2ccc(O)cc2)C(=O)N1CCCCCCN=C(N)N. The summed E-state index contributed by atoms with van der Waals surface area (Å²) in [6, 6.07) is 15.1. The molecule has 0 spiro atoms. The summed E-state index contributed by atoms with van der Waals surface area (Å²) in [4.78, 5) is 79.2. The smallest absolute Gasteiger partial charge is 0.246 e. The highest BCUT2D eigenvalue weighted by atomic mass is 16.3. The summed E-state index contributed by atoms with van der Waals surface area (Å²) >= 11 is 0. The van der Waals surface area contributed by atoms with Gasteiger partial charge in [-0.05, 0) is 66.6 Å². The Bertz CT molecular complexity index is 1910. The zero-order valence-corrected chi connectivity index (χ0v) is 32.3. The monoisotopic (exact) mass is 785 g/mol. The first-order chi connectivity index (χ1) is 27.3. The van der Waals surface area contributed by atoms with E-state index in [1.54, 1.807) is 19.1 Å². The number of benzene rings is 3. The lowest BCUT2D eigenvalue weighted by Gasteiger charge is -2.33. The van der Waals surface area contributed by atoms with Gasteiger partial charge in [0.15, 0.2) is 11.9 Å². The molecule has 3 aromatic rings. The van der Waals surface area contributed by atoms with E-state index in [4.69, 9.17) is 22.9 Å². The fourth-order valence-electron chi connectivity index (χ4n) is 6.54. The van der Waals surface area contributed by atoms with E-state index in [0.717, 1.165) is 22.8 Å². The number of aliphatic imine (C=N–C) groups is 2. The van der Waals surface area contributed by atoms with E-state index in [-0.39, 0.29) is 50.0 Å². The number of phenolic OH excluding ortho intramolecular Hbond substituents is 1. The number of nitrogens with one attached hydrogen (secondary N) is 4. The number of amides is 5. The zero-order valence-electron chi connectivity index (χ0n) is 32.3. The minimum atomic E-state index is -1.15. The van der Waals surface area contributed by atoms with Gasteiger partial charge in [-0.25, -0.2) is 0 Å². The molecule has 0 saturated carbocycles. The van der Waals surface area contributed by atoms with Crippen molar-refractivity contribution in [2.24, 2.45) is 32.9 Å². The summed E-state index contributed by atoms with van der Waals surface area (Å²) in [7, 11) is 0. The molecule has 17 nitrogen and oxygen atoms in total. The molecule has 13 N–H and O–H groups in total. The van der Waals surface area contributed by atoms with Crippen LogP contribution in [0.5, 0.6) is 5.75 Å². The molecule has 1 aliphatic rings. The van der Waals surface area contributed by atoms with Gasteiger partial charge >= 0.3 is 0 Å². The van der Waals surface area contributed by atoms with Crippen LogP contribution in [0.3, 0.4) is 0 Å². The Morgan fingerprint density at radius 2 is 1.30 bits per heavy atom. The first-order valence-corrected chi connectivity index (χ1v) is 19.2. The van der Waals surface area contributed by atoms with Crippen LogP contribution in [0.2, 0.25) is 0 Å². The van der Waals surface area contributed by atoms with E-state index in [9.17, 15) is 29.1 Å². The maximum atomic E-state index is 14.5. The van der Waals surface area contributed by atoms with Crippen LogP contribution in [0, 0.1) is 0 Å². The molecule has 17 heteroatoms. The number of carbonyl (C=O) groups excluding carboxylic acids is 5. The second-order valence-electron chi connectivity index (χ2n) is 14.1. The molecule has 4 atom stereocenters. The van der Waals surface area contributed by atoms with Crippen LogP contribution in [0.25, 0.3) is 10.8 Å². The second kappa shape index (κ2) is 21.6. The number of unbranched alkanes of at least 4 members (excludes halogenated alkanes) is 3. The largest absolute Gasteiger partial charge is 0.508 e. The molecule has 1 saturated heterocycles. The number of guanidine groups is 2. The maximum absolute atomic E-state index is 14.5. The van der Waals surface area contributed by atoms with Crippen molar-refractivity contribution in [2.45, 2.75) is 82.5 Å². The molecule has 0 aromatic heterocycles. The third-order valence-corrected chi connectivity index (χ3v) is 9.63. The van der Waals surface area contributed by atoms with Crippen LogP contribution in [0.4, 0.5) is 0 Å². The third-order valence-electron chi connectivity index (χ3n) is 9.63. The van der Waals surface area contributed by atoms with Crippen molar-refractivity contribution in [3.8, 4) is 5.75 Å². The number of carbonyl (C=O) groups is 5. The molecular formula is C40H55N11O6. The number of nitrogens with zero attached hydrogens (tertiary/aromatic N) is 3. The fraction of sp³-hybridized carbons (Fsp3) is 0.425. The number of phenols is 1. The summed E-state index contributed by atoms with van der Waals surface area (Å²) in [5.74, 6) is -3.16. The fourth-order valence-corrected chi connectivity index (χ4v) is 6.54. The predicted octanol–water partition coefficient (Wildman–Crippen LogP) is 0.0193. The quantitative estimate of drug-likeness (QED) is 0.0566. The number of nitrogens with two attached hydrogens (primary N) is 4. The molecule has 0 aliphatic carbocycles. The first-order valence-electron chi connectivity index (χ1n) is 19.2. The van der Waals surface area contributed by atoms with Gasteiger partial charge in [0, 0.05) is 32.5 Å². The minimum absolute atomic E-state index is 0.00642. The van der Waals surface area contributed by atoms with Crippen LogP contribution < -0.4 is 44.2 Å². The lowest BCUT2D eigenvalue weighted by molar-refractivity contribution is -0.143. The van der Waals surface area contributed by atoms with Gasteiger partial charge in [-0.1, -0.05) is 67.4 Å². The summed E-state index contributed by atoms with van der Waals surface area (Å²) in [6.07, 6.45) is 3.20. The van der Waals surface area contributed by atoms with Crippen LogP contribution in [0.15, 0.2) is 76.7 Å². The van der Waals surface area contributed by atoms with Gasteiger partial charge in [-0.2, -0.15) is 0 Å². The summed E-state index contributed by atoms with van der Waals surface area (Å²) < 4.78 is 0. The highest BCUT2D eigenvalue weighted by molar-refractivity contribution is 5.97. The maximum Gasteiger partial charge on any atom is 0.246 e. The highest BCUT2D eigenvalue weighted by Crippen LogP contribution is 2.18. The van der Waals surface area contributed by atoms with E-state index < -0.39 is 60.2 Å². The molecule has 1 fully saturated rings. The number of rotatable bonds is 15. The standard InChI is InChI=1S/C40H55N11O6/c1-25-35(54)49-31(11-8-19-46-40(43)44)37(56)50-32(23-27-12-15-28-9-4-5-10-29(28)21-27)36(55)47-24-34(53)48-33(22-26-13-16-30(52)17-14-26)38(57)51(25)20-7-3-2-6-18-45-39(41)42/h4-5,9-10,12-17,21,25,31-33,52H,2-3,6-8,11,18-20,22-24H2,1H3,(H,47,55)(H,48,53)(H,49,54)(H,50,56)(H4,41,42,45)(H4,43,44,46)/t25-,31-,32-,33+/m0/s1.